The van der Waals surface area contributed by atoms with E-state index >= 15 is 0 Å². The lowest BCUT2D eigenvalue weighted by Gasteiger charge is -2.06. The largest absolute Gasteiger partial charge is 0.464 e. The molecule has 64 valence electrons. The van der Waals surface area contributed by atoms with Gasteiger partial charge in [-0.05, 0) is 6.42 Å². The molecular formula is C7H7NO4. The molecule has 0 bridgehead atoms. The third-order valence-electron chi connectivity index (χ3n) is 1.57. The summed E-state index contributed by atoms with van der Waals surface area (Å²) in [5.74, 6) is -1.50. The molecule has 0 aromatic rings. The first-order chi connectivity index (χ1) is 5.57. The predicted octanol–water partition coefficient (Wildman–Crippen LogP) is 0.370. The van der Waals surface area contributed by atoms with Gasteiger partial charge in [-0.3, -0.25) is 9.59 Å². The molecule has 0 aromatic carbocycles. The fraction of sp³-hybridized carbons (Fsp3) is 0.286. The number of hydrogen-bond donors (Lipinski definition) is 1. The lowest BCUT2D eigenvalue weighted by molar-refractivity contribution is -0.134. The summed E-state index contributed by atoms with van der Waals surface area (Å²) >= 11 is 0. The van der Waals surface area contributed by atoms with Crippen LogP contribution in [0.5, 0.6) is 0 Å². The Hall–Kier alpha value is -1.65. The van der Waals surface area contributed by atoms with Crippen molar-refractivity contribution >= 4 is 17.9 Å². The summed E-state index contributed by atoms with van der Waals surface area (Å²) in [6.07, 6.45) is -0.102. The minimum absolute atomic E-state index is 0.207. The monoisotopic (exact) mass is 169 g/mol. The second-order valence-corrected chi connectivity index (χ2v) is 2.28. The molecule has 5 nitrogen and oxygen atoms in total. The van der Waals surface area contributed by atoms with Crippen LogP contribution in [-0.2, 0) is 9.59 Å². The van der Waals surface area contributed by atoms with E-state index in [4.69, 9.17) is 5.11 Å². The zero-order valence-corrected chi connectivity index (χ0v) is 6.40. The van der Waals surface area contributed by atoms with Gasteiger partial charge in [0.25, 0.3) is 11.8 Å². The number of rotatable bonds is 1. The van der Waals surface area contributed by atoms with Crippen molar-refractivity contribution in [3.8, 4) is 0 Å². The molecule has 1 aliphatic rings. The Labute approximate surface area is 68.3 Å². The molecular weight excluding hydrogens is 162 g/mol. The molecule has 0 saturated heterocycles. The molecule has 0 fully saturated rings. The maximum absolute atomic E-state index is 11.0. The fourth-order valence-corrected chi connectivity index (χ4v) is 0.953. The SMILES string of the molecule is CCC1=CC(=O)N(C(=O)O)C1=O. The van der Waals surface area contributed by atoms with E-state index in [0.29, 0.717) is 6.42 Å². The van der Waals surface area contributed by atoms with Crippen LogP contribution in [0.4, 0.5) is 4.79 Å². The maximum atomic E-state index is 11.0. The van der Waals surface area contributed by atoms with Crippen LogP contribution in [-0.4, -0.2) is 27.9 Å². The maximum Gasteiger partial charge on any atom is 0.421 e. The smallest absolute Gasteiger partial charge is 0.421 e. The van der Waals surface area contributed by atoms with Crippen LogP contribution in [0.1, 0.15) is 13.3 Å². The number of nitrogens with zero attached hydrogens (tertiary/aromatic N) is 1. The molecule has 3 amide bonds. The van der Waals surface area contributed by atoms with E-state index in [0.717, 1.165) is 6.08 Å². The summed E-state index contributed by atoms with van der Waals surface area (Å²) in [6, 6.07) is 0. The number of hydrogen-bond acceptors (Lipinski definition) is 3. The molecule has 0 aliphatic carbocycles. The average Bonchev–Trinajstić information content (AvgIpc) is 2.25. The van der Waals surface area contributed by atoms with Crippen LogP contribution < -0.4 is 0 Å². The zero-order valence-electron chi connectivity index (χ0n) is 6.40. The number of carboxylic acid groups (broad SMARTS) is 1. The Morgan fingerprint density at radius 3 is 2.42 bits per heavy atom. The van der Waals surface area contributed by atoms with Crippen molar-refractivity contribution in [3.63, 3.8) is 0 Å². The van der Waals surface area contributed by atoms with Gasteiger partial charge in [0.1, 0.15) is 0 Å². The number of carbonyl (C=O) groups excluding carboxylic acids is 2. The molecule has 1 rings (SSSR count). The van der Waals surface area contributed by atoms with Crippen molar-refractivity contribution in [1.82, 2.24) is 4.90 Å². The molecule has 5 heteroatoms. The van der Waals surface area contributed by atoms with Gasteiger partial charge in [-0.15, -0.1) is 0 Å². The highest BCUT2D eigenvalue weighted by Crippen LogP contribution is 2.15. The van der Waals surface area contributed by atoms with Crippen LogP contribution in [0.2, 0.25) is 0 Å². The van der Waals surface area contributed by atoms with E-state index in [1.54, 1.807) is 6.92 Å². The Kier molecular flexibility index (Phi) is 1.95. The minimum Gasteiger partial charge on any atom is -0.464 e. The topological polar surface area (TPSA) is 74.7 Å². The Morgan fingerprint density at radius 1 is 1.58 bits per heavy atom. The van der Waals surface area contributed by atoms with E-state index in [-0.39, 0.29) is 10.5 Å². The van der Waals surface area contributed by atoms with Crippen molar-refractivity contribution in [2.75, 3.05) is 0 Å². The lowest BCUT2D eigenvalue weighted by Crippen LogP contribution is -2.35. The van der Waals surface area contributed by atoms with E-state index < -0.39 is 17.9 Å². The Balaban J connectivity index is 2.95. The highest BCUT2D eigenvalue weighted by atomic mass is 16.4. The average molecular weight is 169 g/mol. The van der Waals surface area contributed by atoms with E-state index in [1.165, 1.54) is 0 Å². The second-order valence-electron chi connectivity index (χ2n) is 2.28. The van der Waals surface area contributed by atoms with Crippen LogP contribution >= 0.6 is 0 Å². The van der Waals surface area contributed by atoms with Gasteiger partial charge in [0.15, 0.2) is 0 Å². The Bertz CT molecular complexity index is 292. The molecule has 0 aromatic heterocycles. The second kappa shape index (κ2) is 2.77. The molecule has 0 atom stereocenters. The number of carbonyl (C=O) groups is 3. The summed E-state index contributed by atoms with van der Waals surface area (Å²) in [5, 5.41) is 8.42. The molecule has 1 heterocycles. The quantitative estimate of drug-likeness (QED) is 0.575. The van der Waals surface area contributed by atoms with Crippen molar-refractivity contribution in [1.29, 1.82) is 0 Å². The lowest BCUT2D eigenvalue weighted by atomic mass is 10.2. The number of amides is 3. The summed E-state index contributed by atoms with van der Waals surface area (Å²) in [5.41, 5.74) is 0.238. The molecule has 0 saturated carbocycles. The van der Waals surface area contributed by atoms with Gasteiger partial charge >= 0.3 is 6.09 Å². The van der Waals surface area contributed by atoms with Crippen LogP contribution in [0.3, 0.4) is 0 Å². The van der Waals surface area contributed by atoms with Gasteiger partial charge in [0.2, 0.25) is 0 Å². The van der Waals surface area contributed by atoms with Crippen LogP contribution in [0, 0.1) is 0 Å². The molecule has 0 radical (unpaired) electrons. The van der Waals surface area contributed by atoms with Gasteiger partial charge in [-0.2, -0.15) is 4.90 Å². The first-order valence-electron chi connectivity index (χ1n) is 3.39. The third kappa shape index (κ3) is 1.09. The van der Waals surface area contributed by atoms with Gasteiger partial charge in [-0.25, -0.2) is 4.79 Å². The fourth-order valence-electron chi connectivity index (χ4n) is 0.953. The standard InChI is InChI=1S/C7H7NO4/c1-2-4-3-5(9)8(6(4)10)7(11)12/h3H,2H2,1H3,(H,11,12). The zero-order chi connectivity index (χ0) is 9.30. The molecule has 0 unspecified atom stereocenters. The van der Waals surface area contributed by atoms with Gasteiger partial charge < -0.3 is 5.11 Å². The van der Waals surface area contributed by atoms with Gasteiger partial charge in [0, 0.05) is 11.6 Å². The van der Waals surface area contributed by atoms with Gasteiger partial charge in [0.05, 0.1) is 0 Å². The van der Waals surface area contributed by atoms with E-state index in [1.807, 2.05) is 0 Å². The highest BCUT2D eigenvalue weighted by Gasteiger charge is 2.34. The molecule has 0 spiro atoms. The highest BCUT2D eigenvalue weighted by molar-refractivity contribution is 6.23. The number of imide groups is 3. The van der Waals surface area contributed by atoms with E-state index in [2.05, 4.69) is 0 Å². The first-order valence-corrected chi connectivity index (χ1v) is 3.39. The van der Waals surface area contributed by atoms with Gasteiger partial charge in [-0.1, -0.05) is 6.92 Å². The Morgan fingerprint density at radius 2 is 2.17 bits per heavy atom. The summed E-state index contributed by atoms with van der Waals surface area (Å²) < 4.78 is 0. The van der Waals surface area contributed by atoms with Crippen molar-refractivity contribution in [2.24, 2.45) is 0 Å². The summed E-state index contributed by atoms with van der Waals surface area (Å²) in [7, 11) is 0. The van der Waals surface area contributed by atoms with Crippen molar-refractivity contribution < 1.29 is 19.5 Å². The van der Waals surface area contributed by atoms with Crippen molar-refractivity contribution in [2.45, 2.75) is 13.3 Å². The molecule has 12 heavy (non-hydrogen) atoms. The third-order valence-corrected chi connectivity index (χ3v) is 1.57. The first kappa shape index (κ1) is 8.45. The molecule has 1 N–H and O–H groups in total. The van der Waals surface area contributed by atoms with Crippen LogP contribution in [0.15, 0.2) is 11.6 Å². The summed E-state index contributed by atoms with van der Waals surface area (Å²) in [6.45, 7) is 1.68. The van der Waals surface area contributed by atoms with Crippen LogP contribution in [0.25, 0.3) is 0 Å². The molecule has 1 aliphatic heterocycles. The van der Waals surface area contributed by atoms with Crippen molar-refractivity contribution in [3.05, 3.63) is 11.6 Å². The summed E-state index contributed by atoms with van der Waals surface area (Å²) in [4.78, 5) is 32.4. The predicted molar refractivity (Wildman–Crippen MR) is 38.3 cm³/mol. The van der Waals surface area contributed by atoms with E-state index in [9.17, 15) is 14.4 Å². The minimum atomic E-state index is -1.52. The normalized spacial score (nSPS) is 16.8.